The summed E-state index contributed by atoms with van der Waals surface area (Å²) in [7, 11) is 1.69. The van der Waals surface area contributed by atoms with Gasteiger partial charge in [-0.2, -0.15) is 5.26 Å². The average molecular weight is 443 g/mol. The van der Waals surface area contributed by atoms with Crippen LogP contribution in [0.4, 0.5) is 14.5 Å². The van der Waals surface area contributed by atoms with Crippen LogP contribution < -0.4 is 10.6 Å². The highest BCUT2D eigenvalue weighted by molar-refractivity contribution is 6.29. The first-order valence-corrected chi connectivity index (χ1v) is 10.8. The fraction of sp³-hybridized carbons (Fsp3) is 0.185. The molecule has 0 aromatic heterocycles. The van der Waals surface area contributed by atoms with Crippen LogP contribution in [0.5, 0.6) is 0 Å². The van der Waals surface area contributed by atoms with Crippen LogP contribution in [0.15, 0.2) is 77.3 Å². The second-order valence-electron chi connectivity index (χ2n) is 7.82. The maximum atomic E-state index is 13.8. The van der Waals surface area contributed by atoms with Gasteiger partial charge in [0.15, 0.2) is 11.6 Å². The molecule has 1 heterocycles. The van der Waals surface area contributed by atoms with E-state index in [0.717, 1.165) is 60.3 Å². The summed E-state index contributed by atoms with van der Waals surface area (Å²) >= 11 is 0. The van der Waals surface area contributed by atoms with Crippen LogP contribution in [0.3, 0.4) is 0 Å². The lowest BCUT2D eigenvalue weighted by Crippen LogP contribution is -2.26. The lowest BCUT2D eigenvalue weighted by Gasteiger charge is -2.23. The Morgan fingerprint density at radius 2 is 1.70 bits per heavy atom. The van der Waals surface area contributed by atoms with Crippen molar-refractivity contribution < 1.29 is 8.78 Å². The minimum absolute atomic E-state index is 0.437. The number of anilines is 1. The van der Waals surface area contributed by atoms with Gasteiger partial charge < -0.3 is 10.6 Å². The molecule has 4 nitrogen and oxygen atoms in total. The Morgan fingerprint density at radius 3 is 2.36 bits per heavy atom. The summed E-state index contributed by atoms with van der Waals surface area (Å²) in [5, 5.41) is 15.7. The summed E-state index contributed by atoms with van der Waals surface area (Å²) in [6.07, 6.45) is 1.75. The van der Waals surface area contributed by atoms with E-state index in [1.807, 2.05) is 42.5 Å². The molecule has 0 atom stereocenters. The van der Waals surface area contributed by atoms with E-state index in [2.05, 4.69) is 21.7 Å². The number of nitrogens with one attached hydrogen (secondary N) is 2. The summed E-state index contributed by atoms with van der Waals surface area (Å²) in [6, 6.07) is 21.5. The zero-order valence-corrected chi connectivity index (χ0v) is 18.3. The van der Waals surface area contributed by atoms with E-state index in [1.165, 1.54) is 11.6 Å². The maximum Gasteiger partial charge on any atom is 0.160 e. The van der Waals surface area contributed by atoms with Crippen molar-refractivity contribution in [3.05, 3.63) is 95.1 Å². The summed E-state index contributed by atoms with van der Waals surface area (Å²) in [6.45, 7) is 1.75. The number of rotatable bonds is 4. The van der Waals surface area contributed by atoms with Gasteiger partial charge in [-0.25, -0.2) is 8.78 Å². The smallest absolute Gasteiger partial charge is 0.160 e. The molecule has 0 bridgehead atoms. The molecule has 0 unspecified atom stereocenters. The third-order valence-corrected chi connectivity index (χ3v) is 5.70. The van der Waals surface area contributed by atoms with Crippen molar-refractivity contribution in [1.82, 2.24) is 5.32 Å². The van der Waals surface area contributed by atoms with Crippen LogP contribution in [0.1, 0.15) is 24.0 Å². The van der Waals surface area contributed by atoms with Crippen LogP contribution in [-0.2, 0) is 0 Å². The molecule has 0 saturated carbocycles. The van der Waals surface area contributed by atoms with Crippen molar-refractivity contribution in [2.24, 2.45) is 4.99 Å². The lowest BCUT2D eigenvalue weighted by molar-refractivity contribution is 0.509. The van der Waals surface area contributed by atoms with Gasteiger partial charge >= 0.3 is 0 Å². The standard InChI is InChI=1S/C27H24F2N4/c1-31-27(33-23-9-10-24(28)25(29)16-23)26(21-11-13-32-14-12-21)20-7-5-19(6-8-20)22-4-2-3-18(15-22)17-30/h2-10,15-16,32H,11-14H2,1H3,(H,31,33). The zero-order valence-electron chi connectivity index (χ0n) is 18.3. The van der Waals surface area contributed by atoms with Crippen LogP contribution in [-0.4, -0.2) is 26.0 Å². The minimum atomic E-state index is -0.907. The molecule has 3 aromatic carbocycles. The molecule has 166 valence electrons. The molecule has 33 heavy (non-hydrogen) atoms. The predicted molar refractivity (Wildman–Crippen MR) is 129 cm³/mol. The van der Waals surface area contributed by atoms with E-state index in [0.29, 0.717) is 17.1 Å². The van der Waals surface area contributed by atoms with Crippen molar-refractivity contribution in [2.45, 2.75) is 12.8 Å². The molecule has 1 aliphatic rings. The van der Waals surface area contributed by atoms with Crippen molar-refractivity contribution in [2.75, 3.05) is 25.5 Å². The Hall–Kier alpha value is -3.82. The third-order valence-electron chi connectivity index (χ3n) is 5.70. The van der Waals surface area contributed by atoms with Crippen molar-refractivity contribution >= 4 is 17.1 Å². The highest BCUT2D eigenvalue weighted by Crippen LogP contribution is 2.30. The number of amidine groups is 1. The molecule has 1 fully saturated rings. The second-order valence-corrected chi connectivity index (χ2v) is 7.82. The van der Waals surface area contributed by atoms with E-state index in [4.69, 9.17) is 0 Å². The number of benzene rings is 3. The molecule has 3 aromatic rings. The molecule has 4 rings (SSSR count). The molecule has 6 heteroatoms. The number of halogens is 2. The van der Waals surface area contributed by atoms with E-state index in [-0.39, 0.29) is 0 Å². The quantitative estimate of drug-likeness (QED) is 0.398. The molecule has 1 saturated heterocycles. The Kier molecular flexibility index (Phi) is 6.92. The Balaban J connectivity index is 1.71. The molecule has 0 amide bonds. The van der Waals surface area contributed by atoms with Crippen LogP contribution in [0.2, 0.25) is 0 Å². The van der Waals surface area contributed by atoms with Gasteiger partial charge in [0.1, 0.15) is 5.84 Å². The third kappa shape index (κ3) is 5.16. The van der Waals surface area contributed by atoms with E-state index in [1.54, 1.807) is 13.1 Å². The molecular weight excluding hydrogens is 418 g/mol. The van der Waals surface area contributed by atoms with Crippen LogP contribution in [0.25, 0.3) is 16.7 Å². The molecule has 1 aliphatic heterocycles. The van der Waals surface area contributed by atoms with Gasteiger partial charge in [-0.3, -0.25) is 4.99 Å². The fourth-order valence-electron chi connectivity index (χ4n) is 4.03. The SMILES string of the molecule is CN=C(Nc1ccc(F)c(F)c1)C(=C1CCNCC1)c1ccc(-c2cccc(C#N)c2)cc1. The van der Waals surface area contributed by atoms with Gasteiger partial charge in [0.2, 0.25) is 0 Å². The zero-order chi connectivity index (χ0) is 23.2. The largest absolute Gasteiger partial charge is 0.340 e. The Labute approximate surface area is 192 Å². The summed E-state index contributed by atoms with van der Waals surface area (Å²) in [5.41, 5.74) is 6.25. The van der Waals surface area contributed by atoms with E-state index in [9.17, 15) is 14.0 Å². The highest BCUT2D eigenvalue weighted by atomic mass is 19.2. The van der Waals surface area contributed by atoms with E-state index >= 15 is 0 Å². The van der Waals surface area contributed by atoms with Gasteiger partial charge in [-0.05, 0) is 66.9 Å². The van der Waals surface area contributed by atoms with Crippen molar-refractivity contribution in [3.63, 3.8) is 0 Å². The molecule has 0 aliphatic carbocycles. The van der Waals surface area contributed by atoms with Crippen molar-refractivity contribution in [3.8, 4) is 17.2 Å². The molecule has 0 spiro atoms. The topological polar surface area (TPSA) is 60.2 Å². The Bertz CT molecular complexity index is 1250. The van der Waals surface area contributed by atoms with Crippen LogP contribution >= 0.6 is 0 Å². The van der Waals surface area contributed by atoms with Gasteiger partial charge in [-0.15, -0.1) is 0 Å². The maximum absolute atomic E-state index is 13.8. The minimum Gasteiger partial charge on any atom is -0.340 e. The van der Waals surface area contributed by atoms with Crippen LogP contribution in [0, 0.1) is 23.0 Å². The summed E-state index contributed by atoms with van der Waals surface area (Å²) in [4.78, 5) is 4.47. The molecule has 0 radical (unpaired) electrons. The first kappa shape index (κ1) is 22.4. The number of hydrogen-bond donors (Lipinski definition) is 2. The number of aliphatic imine (C=N–C) groups is 1. The fourth-order valence-corrected chi connectivity index (χ4v) is 4.03. The predicted octanol–water partition coefficient (Wildman–Crippen LogP) is 5.78. The summed E-state index contributed by atoms with van der Waals surface area (Å²) in [5.74, 6) is -1.18. The van der Waals surface area contributed by atoms with Gasteiger partial charge in [-0.1, -0.05) is 42.0 Å². The normalized spacial score (nSPS) is 14.0. The Morgan fingerprint density at radius 1 is 0.939 bits per heavy atom. The summed E-state index contributed by atoms with van der Waals surface area (Å²) < 4.78 is 27.2. The first-order chi connectivity index (χ1) is 16.1. The number of piperidine rings is 1. The second kappa shape index (κ2) is 10.2. The number of nitrogens with zero attached hydrogens (tertiary/aromatic N) is 2. The highest BCUT2D eigenvalue weighted by Gasteiger charge is 2.18. The van der Waals surface area contributed by atoms with E-state index < -0.39 is 11.6 Å². The van der Waals surface area contributed by atoms with Gasteiger partial charge in [0, 0.05) is 24.4 Å². The monoisotopic (exact) mass is 442 g/mol. The lowest BCUT2D eigenvalue weighted by atomic mass is 9.91. The van der Waals surface area contributed by atoms with Gasteiger partial charge in [0.25, 0.3) is 0 Å². The number of nitriles is 1. The average Bonchev–Trinajstić information content (AvgIpc) is 2.87. The number of hydrogen-bond acceptors (Lipinski definition) is 3. The molecular formula is C27H24F2N4. The van der Waals surface area contributed by atoms with Gasteiger partial charge in [0.05, 0.1) is 11.6 Å². The van der Waals surface area contributed by atoms with Crippen molar-refractivity contribution in [1.29, 1.82) is 5.26 Å². The first-order valence-electron chi connectivity index (χ1n) is 10.8. The molecule has 2 N–H and O–H groups in total.